The van der Waals surface area contributed by atoms with Crippen LogP contribution in [0, 0.1) is 0 Å². The van der Waals surface area contributed by atoms with Crippen molar-refractivity contribution in [3.05, 3.63) is 35.9 Å². The first-order valence-corrected chi connectivity index (χ1v) is 4.76. The van der Waals surface area contributed by atoms with Gasteiger partial charge in [0.2, 0.25) is 0 Å². The van der Waals surface area contributed by atoms with Crippen molar-refractivity contribution in [1.29, 1.82) is 0 Å². The summed E-state index contributed by atoms with van der Waals surface area (Å²) in [6.45, 7) is 1.76. The number of nitrogens with one attached hydrogen (secondary N) is 1. The molecule has 2 atom stereocenters. The number of ether oxygens (including phenoxy) is 1. The molecular weight excluding hydrogens is 181 g/mol. The van der Waals surface area contributed by atoms with Crippen LogP contribution in [0.25, 0.3) is 0 Å². The fourth-order valence-corrected chi connectivity index (χ4v) is 1.66. The zero-order valence-corrected chi connectivity index (χ0v) is 8.16. The van der Waals surface area contributed by atoms with E-state index in [-0.39, 0.29) is 6.04 Å². The van der Waals surface area contributed by atoms with E-state index in [0.29, 0.717) is 6.61 Å². The fraction of sp³-hybridized carbons (Fsp3) is 0.455. The highest BCUT2D eigenvalue weighted by molar-refractivity contribution is 5.20. The lowest BCUT2D eigenvalue weighted by Gasteiger charge is -2.20. The lowest BCUT2D eigenvalue weighted by Crippen LogP contribution is -2.40. The van der Waals surface area contributed by atoms with E-state index in [1.807, 2.05) is 30.3 Å². The van der Waals surface area contributed by atoms with E-state index in [4.69, 9.17) is 4.74 Å². The third kappa shape index (κ3) is 1.79. The molecule has 2 nitrogen and oxygen atoms in total. The largest absolute Gasteiger partial charge is 0.356 e. The predicted octanol–water partition coefficient (Wildman–Crippen LogP) is 2.03. The van der Waals surface area contributed by atoms with E-state index in [1.54, 1.807) is 6.92 Å². The Hall–Kier alpha value is -0.930. The Morgan fingerprint density at radius 2 is 2.21 bits per heavy atom. The monoisotopic (exact) mass is 195 g/mol. The van der Waals surface area contributed by atoms with Crippen molar-refractivity contribution >= 4 is 0 Å². The van der Waals surface area contributed by atoms with E-state index in [1.165, 1.54) is 0 Å². The molecule has 0 saturated carbocycles. The van der Waals surface area contributed by atoms with Gasteiger partial charge >= 0.3 is 0 Å². The van der Waals surface area contributed by atoms with E-state index in [0.717, 1.165) is 5.56 Å². The maximum atomic E-state index is 12.6. The van der Waals surface area contributed by atoms with Crippen LogP contribution in [0.15, 0.2) is 30.3 Å². The molecule has 1 aliphatic heterocycles. The van der Waals surface area contributed by atoms with Crippen molar-refractivity contribution in [3.8, 4) is 0 Å². The Bertz CT molecular complexity index is 303. The molecule has 1 fully saturated rings. The SMILES string of the molecule is CC1(CF)N[C@H](c2ccccc2)CO1. The molecular formula is C11H14FNO. The number of benzene rings is 1. The van der Waals surface area contributed by atoms with Crippen molar-refractivity contribution < 1.29 is 9.13 Å². The van der Waals surface area contributed by atoms with Gasteiger partial charge < -0.3 is 4.74 Å². The number of halogens is 1. The molecule has 1 saturated heterocycles. The van der Waals surface area contributed by atoms with Crippen LogP contribution in [0.5, 0.6) is 0 Å². The molecule has 1 N–H and O–H groups in total. The van der Waals surface area contributed by atoms with Crippen molar-refractivity contribution in [1.82, 2.24) is 5.32 Å². The summed E-state index contributed by atoms with van der Waals surface area (Å²) in [5, 5.41) is 3.14. The molecule has 0 aromatic heterocycles. The number of hydrogen-bond acceptors (Lipinski definition) is 2. The topological polar surface area (TPSA) is 21.3 Å². The van der Waals surface area contributed by atoms with Gasteiger partial charge in [-0.15, -0.1) is 0 Å². The zero-order chi connectivity index (χ0) is 10.0. The smallest absolute Gasteiger partial charge is 0.145 e. The molecule has 76 valence electrons. The van der Waals surface area contributed by atoms with Gasteiger partial charge in [-0.3, -0.25) is 5.32 Å². The van der Waals surface area contributed by atoms with Gasteiger partial charge in [-0.2, -0.15) is 0 Å². The Balaban J connectivity index is 2.10. The van der Waals surface area contributed by atoms with Crippen LogP contribution in [0.1, 0.15) is 18.5 Å². The van der Waals surface area contributed by atoms with Crippen molar-refractivity contribution in [2.75, 3.05) is 13.3 Å². The van der Waals surface area contributed by atoms with Crippen molar-refractivity contribution in [3.63, 3.8) is 0 Å². The van der Waals surface area contributed by atoms with Gasteiger partial charge in [0.05, 0.1) is 12.6 Å². The molecule has 0 amide bonds. The van der Waals surface area contributed by atoms with Crippen LogP contribution in [0.4, 0.5) is 4.39 Å². The molecule has 1 aliphatic rings. The van der Waals surface area contributed by atoms with Crippen LogP contribution in [-0.4, -0.2) is 19.0 Å². The van der Waals surface area contributed by atoms with Crippen molar-refractivity contribution in [2.45, 2.75) is 18.7 Å². The minimum absolute atomic E-state index is 0.108. The number of alkyl halides is 1. The summed E-state index contributed by atoms with van der Waals surface area (Å²) in [5.41, 5.74) is 0.338. The molecule has 2 rings (SSSR count). The second kappa shape index (κ2) is 3.67. The molecule has 0 aliphatic carbocycles. The average molecular weight is 195 g/mol. The molecule has 1 unspecified atom stereocenters. The Labute approximate surface area is 83.1 Å². The van der Waals surface area contributed by atoms with Gasteiger partial charge in [-0.05, 0) is 12.5 Å². The number of rotatable bonds is 2. The second-order valence-electron chi connectivity index (χ2n) is 3.78. The van der Waals surface area contributed by atoms with Gasteiger partial charge in [0, 0.05) is 0 Å². The molecule has 1 aromatic rings. The Kier molecular flexibility index (Phi) is 2.52. The van der Waals surface area contributed by atoms with Crippen molar-refractivity contribution in [2.24, 2.45) is 0 Å². The van der Waals surface area contributed by atoms with Gasteiger partial charge in [0.15, 0.2) is 0 Å². The third-order valence-corrected chi connectivity index (χ3v) is 2.51. The highest BCUT2D eigenvalue weighted by atomic mass is 19.1. The standard InChI is InChI=1S/C11H14FNO/c1-11(8-12)13-10(7-14-11)9-5-3-2-4-6-9/h2-6,10,13H,7-8H2,1H3/t10-,11?/m0/s1. The van der Waals surface area contributed by atoms with Gasteiger partial charge in [0.25, 0.3) is 0 Å². The molecule has 0 bridgehead atoms. The summed E-state index contributed by atoms with van der Waals surface area (Å²) in [6.07, 6.45) is 0. The van der Waals surface area contributed by atoms with E-state index in [9.17, 15) is 4.39 Å². The maximum Gasteiger partial charge on any atom is 0.145 e. The molecule has 1 aromatic carbocycles. The first-order valence-electron chi connectivity index (χ1n) is 4.76. The maximum absolute atomic E-state index is 12.6. The first-order chi connectivity index (χ1) is 6.73. The summed E-state index contributed by atoms with van der Waals surface area (Å²) < 4.78 is 18.0. The van der Waals surface area contributed by atoms with Crippen LogP contribution >= 0.6 is 0 Å². The van der Waals surface area contributed by atoms with E-state index in [2.05, 4.69) is 5.32 Å². The normalized spacial score (nSPS) is 32.0. The van der Waals surface area contributed by atoms with E-state index < -0.39 is 12.4 Å². The van der Waals surface area contributed by atoms with Crippen LogP contribution < -0.4 is 5.32 Å². The van der Waals surface area contributed by atoms with Gasteiger partial charge in [-0.25, -0.2) is 4.39 Å². The molecule has 14 heavy (non-hydrogen) atoms. The lowest BCUT2D eigenvalue weighted by molar-refractivity contribution is -0.0128. The average Bonchev–Trinajstić information content (AvgIpc) is 2.63. The second-order valence-corrected chi connectivity index (χ2v) is 3.78. The molecule has 3 heteroatoms. The van der Waals surface area contributed by atoms with Gasteiger partial charge in [0.1, 0.15) is 12.4 Å². The zero-order valence-electron chi connectivity index (χ0n) is 8.16. The Morgan fingerprint density at radius 3 is 2.79 bits per heavy atom. The minimum atomic E-state index is -0.805. The summed E-state index contributed by atoms with van der Waals surface area (Å²) in [6, 6.07) is 10.1. The Morgan fingerprint density at radius 1 is 1.50 bits per heavy atom. The first kappa shape index (κ1) is 9.62. The number of hydrogen-bond donors (Lipinski definition) is 1. The van der Waals surface area contributed by atoms with Gasteiger partial charge in [-0.1, -0.05) is 30.3 Å². The minimum Gasteiger partial charge on any atom is -0.356 e. The summed E-state index contributed by atoms with van der Waals surface area (Å²) in [5.74, 6) is 0. The highest BCUT2D eigenvalue weighted by Gasteiger charge is 2.35. The third-order valence-electron chi connectivity index (χ3n) is 2.51. The predicted molar refractivity (Wildman–Crippen MR) is 52.7 cm³/mol. The van der Waals surface area contributed by atoms with E-state index >= 15 is 0 Å². The summed E-state index contributed by atoms with van der Waals surface area (Å²) in [7, 11) is 0. The fourth-order valence-electron chi connectivity index (χ4n) is 1.66. The van der Waals surface area contributed by atoms with Crippen LogP contribution in [0.3, 0.4) is 0 Å². The summed E-state index contributed by atoms with van der Waals surface area (Å²) >= 11 is 0. The molecule has 1 heterocycles. The summed E-state index contributed by atoms with van der Waals surface area (Å²) in [4.78, 5) is 0. The van der Waals surface area contributed by atoms with Crippen LogP contribution in [0.2, 0.25) is 0 Å². The quantitative estimate of drug-likeness (QED) is 0.779. The highest BCUT2D eigenvalue weighted by Crippen LogP contribution is 2.25. The molecule has 0 radical (unpaired) electrons. The van der Waals surface area contributed by atoms with Crippen LogP contribution in [-0.2, 0) is 4.74 Å². The lowest BCUT2D eigenvalue weighted by atomic mass is 10.1. The molecule has 0 spiro atoms.